The lowest BCUT2D eigenvalue weighted by atomic mass is 10.0. The summed E-state index contributed by atoms with van der Waals surface area (Å²) in [6.07, 6.45) is -0.827. The number of aliphatic hydroxyl groups excluding tert-OH is 1. The van der Waals surface area contributed by atoms with Crippen LogP contribution in [-0.4, -0.2) is 22.6 Å². The number of aliphatic hydroxyl groups is 1. The van der Waals surface area contributed by atoms with Crippen molar-refractivity contribution in [3.63, 3.8) is 0 Å². The van der Waals surface area contributed by atoms with Gasteiger partial charge in [-0.25, -0.2) is 4.79 Å². The van der Waals surface area contributed by atoms with Crippen LogP contribution < -0.4 is 10.6 Å². The molecule has 0 aliphatic heterocycles. The Balaban J connectivity index is 1.91. The lowest BCUT2D eigenvalue weighted by molar-refractivity contribution is -0.384. The molecule has 1 atom stereocenters. The Morgan fingerprint density at radius 2 is 2.00 bits per heavy atom. The number of carbonyl (C=O) groups excluding carboxylic acids is 1. The fourth-order valence-electron chi connectivity index (χ4n) is 2.13. The Morgan fingerprint density at radius 3 is 2.70 bits per heavy atom. The van der Waals surface area contributed by atoms with Crippen LogP contribution in [0, 0.1) is 17.0 Å². The first kappa shape index (κ1) is 16.4. The van der Waals surface area contributed by atoms with Gasteiger partial charge in [-0.15, -0.1) is 0 Å². The third kappa shape index (κ3) is 4.52. The van der Waals surface area contributed by atoms with Crippen LogP contribution in [0.3, 0.4) is 0 Å². The van der Waals surface area contributed by atoms with Gasteiger partial charge in [0.15, 0.2) is 0 Å². The number of benzene rings is 2. The van der Waals surface area contributed by atoms with Gasteiger partial charge in [0.1, 0.15) is 0 Å². The van der Waals surface area contributed by atoms with Gasteiger partial charge in [0.2, 0.25) is 0 Å². The molecule has 1 unspecified atom stereocenters. The van der Waals surface area contributed by atoms with E-state index < -0.39 is 17.1 Å². The van der Waals surface area contributed by atoms with Crippen LogP contribution in [0.4, 0.5) is 16.2 Å². The Kier molecular flexibility index (Phi) is 5.27. The number of nitrogens with zero attached hydrogens (tertiary/aromatic N) is 1. The largest absolute Gasteiger partial charge is 0.387 e. The quantitative estimate of drug-likeness (QED) is 0.583. The molecule has 120 valence electrons. The molecule has 0 aliphatic rings. The Bertz CT molecular complexity index is 718. The maximum Gasteiger partial charge on any atom is 0.319 e. The molecule has 0 radical (unpaired) electrons. The third-order valence-corrected chi connectivity index (χ3v) is 3.32. The summed E-state index contributed by atoms with van der Waals surface area (Å²) in [5.41, 5.74) is 1.87. The van der Waals surface area contributed by atoms with Gasteiger partial charge < -0.3 is 15.7 Å². The summed E-state index contributed by atoms with van der Waals surface area (Å²) < 4.78 is 0. The average Bonchev–Trinajstić information content (AvgIpc) is 2.53. The van der Waals surface area contributed by atoms with Crippen molar-refractivity contribution < 1.29 is 14.8 Å². The molecule has 0 fully saturated rings. The summed E-state index contributed by atoms with van der Waals surface area (Å²) in [6.45, 7) is 1.91. The fraction of sp³-hybridized carbons (Fsp3) is 0.188. The van der Waals surface area contributed by atoms with Crippen molar-refractivity contribution in [2.24, 2.45) is 0 Å². The summed E-state index contributed by atoms with van der Waals surface area (Å²) in [6, 6.07) is 12.4. The highest BCUT2D eigenvalue weighted by molar-refractivity contribution is 5.89. The number of carbonyl (C=O) groups is 1. The Labute approximate surface area is 133 Å². The van der Waals surface area contributed by atoms with Crippen molar-refractivity contribution in [1.29, 1.82) is 0 Å². The molecule has 0 heterocycles. The average molecular weight is 315 g/mol. The van der Waals surface area contributed by atoms with Crippen molar-refractivity contribution in [2.75, 3.05) is 11.9 Å². The minimum atomic E-state index is -0.827. The summed E-state index contributed by atoms with van der Waals surface area (Å²) in [4.78, 5) is 22.0. The highest BCUT2D eigenvalue weighted by Crippen LogP contribution is 2.18. The maximum atomic E-state index is 11.8. The van der Waals surface area contributed by atoms with Gasteiger partial charge in [0, 0.05) is 24.4 Å². The first-order valence-electron chi connectivity index (χ1n) is 7.00. The van der Waals surface area contributed by atoms with Gasteiger partial charge >= 0.3 is 6.03 Å². The molecule has 0 bridgehead atoms. The van der Waals surface area contributed by atoms with Crippen LogP contribution in [0.2, 0.25) is 0 Å². The summed E-state index contributed by atoms with van der Waals surface area (Å²) in [5, 5.41) is 25.8. The lowest BCUT2D eigenvalue weighted by Gasteiger charge is -2.15. The van der Waals surface area contributed by atoms with E-state index in [0.29, 0.717) is 5.69 Å². The molecular formula is C16H17N3O4. The second-order valence-electron chi connectivity index (χ2n) is 5.01. The van der Waals surface area contributed by atoms with E-state index in [1.165, 1.54) is 18.2 Å². The molecule has 2 aromatic carbocycles. The number of aryl methyl sites for hydroxylation is 1. The zero-order valence-electron chi connectivity index (χ0n) is 12.5. The predicted molar refractivity (Wildman–Crippen MR) is 86.3 cm³/mol. The van der Waals surface area contributed by atoms with Crippen LogP contribution >= 0.6 is 0 Å². The fourth-order valence-corrected chi connectivity index (χ4v) is 2.13. The number of rotatable bonds is 5. The smallest absolute Gasteiger partial charge is 0.319 e. The standard InChI is InChI=1S/C16H17N3O4/c1-11-5-2-3-8-14(11)15(20)10-17-16(21)18-12-6-4-7-13(9-12)19(22)23/h2-9,15,20H,10H2,1H3,(H2,17,18,21). The molecule has 0 saturated carbocycles. The maximum absolute atomic E-state index is 11.8. The van der Waals surface area contributed by atoms with Crippen LogP contribution in [-0.2, 0) is 0 Å². The van der Waals surface area contributed by atoms with Crippen molar-refractivity contribution in [3.05, 3.63) is 69.8 Å². The summed E-state index contributed by atoms with van der Waals surface area (Å²) >= 11 is 0. The van der Waals surface area contributed by atoms with Gasteiger partial charge in [0.25, 0.3) is 5.69 Å². The van der Waals surface area contributed by atoms with E-state index in [1.54, 1.807) is 12.1 Å². The monoisotopic (exact) mass is 315 g/mol. The normalized spacial score (nSPS) is 11.6. The number of nitro groups is 1. The van der Waals surface area contributed by atoms with Crippen molar-refractivity contribution in [3.8, 4) is 0 Å². The van der Waals surface area contributed by atoms with Gasteiger partial charge in [-0.2, -0.15) is 0 Å². The lowest BCUT2D eigenvalue weighted by Crippen LogP contribution is -2.32. The number of amides is 2. The molecule has 3 N–H and O–H groups in total. The van der Waals surface area contributed by atoms with E-state index >= 15 is 0 Å². The number of anilines is 1. The van der Waals surface area contributed by atoms with E-state index in [0.717, 1.165) is 11.1 Å². The van der Waals surface area contributed by atoms with Crippen LogP contribution in [0.15, 0.2) is 48.5 Å². The Morgan fingerprint density at radius 1 is 1.26 bits per heavy atom. The molecule has 7 heteroatoms. The summed E-state index contributed by atoms with van der Waals surface area (Å²) in [5.74, 6) is 0. The number of hydrogen-bond acceptors (Lipinski definition) is 4. The molecule has 0 spiro atoms. The zero-order valence-corrected chi connectivity index (χ0v) is 12.5. The van der Waals surface area contributed by atoms with Crippen molar-refractivity contribution in [2.45, 2.75) is 13.0 Å². The highest BCUT2D eigenvalue weighted by atomic mass is 16.6. The van der Waals surface area contributed by atoms with Gasteiger partial charge in [0.05, 0.1) is 11.0 Å². The van der Waals surface area contributed by atoms with E-state index in [-0.39, 0.29) is 12.2 Å². The minimum absolute atomic E-state index is 0.0333. The highest BCUT2D eigenvalue weighted by Gasteiger charge is 2.12. The van der Waals surface area contributed by atoms with E-state index in [4.69, 9.17) is 0 Å². The van der Waals surface area contributed by atoms with Gasteiger partial charge in [-0.3, -0.25) is 10.1 Å². The first-order valence-corrected chi connectivity index (χ1v) is 7.00. The summed E-state index contributed by atoms with van der Waals surface area (Å²) in [7, 11) is 0. The van der Waals surface area contributed by atoms with Crippen molar-refractivity contribution in [1.82, 2.24) is 5.32 Å². The molecular weight excluding hydrogens is 298 g/mol. The number of nitro benzene ring substituents is 1. The molecule has 7 nitrogen and oxygen atoms in total. The molecule has 0 saturated heterocycles. The SMILES string of the molecule is Cc1ccccc1C(O)CNC(=O)Nc1cccc([N+](=O)[O-])c1. The number of urea groups is 1. The minimum Gasteiger partial charge on any atom is -0.387 e. The van der Waals surface area contributed by atoms with Crippen LogP contribution in [0.1, 0.15) is 17.2 Å². The molecule has 0 aliphatic carbocycles. The van der Waals surface area contributed by atoms with E-state index in [1.807, 2.05) is 25.1 Å². The molecule has 2 aromatic rings. The van der Waals surface area contributed by atoms with Crippen molar-refractivity contribution >= 4 is 17.4 Å². The van der Waals surface area contributed by atoms with Gasteiger partial charge in [-0.1, -0.05) is 30.3 Å². The van der Waals surface area contributed by atoms with Crippen LogP contribution in [0.25, 0.3) is 0 Å². The molecule has 2 rings (SSSR count). The van der Waals surface area contributed by atoms with Gasteiger partial charge in [-0.05, 0) is 24.1 Å². The van der Waals surface area contributed by atoms with E-state index in [2.05, 4.69) is 10.6 Å². The Hall–Kier alpha value is -2.93. The first-order chi connectivity index (χ1) is 11.0. The van der Waals surface area contributed by atoms with Crippen LogP contribution in [0.5, 0.6) is 0 Å². The predicted octanol–water partition coefficient (Wildman–Crippen LogP) is 2.76. The molecule has 2 amide bonds. The number of hydrogen-bond donors (Lipinski definition) is 3. The third-order valence-electron chi connectivity index (χ3n) is 3.32. The topological polar surface area (TPSA) is 104 Å². The number of nitrogens with one attached hydrogen (secondary N) is 2. The molecule has 23 heavy (non-hydrogen) atoms. The zero-order chi connectivity index (χ0) is 16.8. The second-order valence-corrected chi connectivity index (χ2v) is 5.01. The second kappa shape index (κ2) is 7.37. The van der Waals surface area contributed by atoms with E-state index in [9.17, 15) is 20.0 Å². The molecule has 0 aromatic heterocycles. The number of non-ortho nitro benzene ring substituents is 1.